The molecule has 0 spiro atoms. The Bertz CT molecular complexity index is 730. The summed E-state index contributed by atoms with van der Waals surface area (Å²) in [5.41, 5.74) is 1.50. The van der Waals surface area contributed by atoms with Crippen molar-refractivity contribution in [2.24, 2.45) is 0 Å². The van der Waals surface area contributed by atoms with E-state index >= 15 is 0 Å². The van der Waals surface area contributed by atoms with Gasteiger partial charge in [-0.05, 0) is 55.8 Å². The summed E-state index contributed by atoms with van der Waals surface area (Å²) in [4.78, 5) is 24.0. The fraction of sp³-hybridized carbons (Fsp3) is 0.300. The van der Waals surface area contributed by atoms with Crippen LogP contribution >= 0.6 is 11.6 Å². The van der Waals surface area contributed by atoms with Crippen LogP contribution in [0.1, 0.15) is 42.2 Å². The summed E-state index contributed by atoms with van der Waals surface area (Å²) in [6.45, 7) is 4.74. The molecule has 0 saturated heterocycles. The Balaban J connectivity index is 1.75. The number of hydrogen-bond acceptors (Lipinski definition) is 3. The smallest absolute Gasteiger partial charge is 0.251 e. The fourth-order valence-corrected chi connectivity index (χ4v) is 2.54. The molecule has 0 bridgehead atoms. The SMILES string of the molecule is CCOc1ccc(C(C)NC(=O)CCNC(=O)c2ccc(Cl)cc2)cc1. The molecule has 2 aromatic carbocycles. The predicted molar refractivity (Wildman–Crippen MR) is 103 cm³/mol. The Morgan fingerprint density at radius 1 is 1.08 bits per heavy atom. The molecule has 2 N–H and O–H groups in total. The van der Waals surface area contributed by atoms with Gasteiger partial charge in [0.05, 0.1) is 12.6 Å². The van der Waals surface area contributed by atoms with Gasteiger partial charge in [-0.2, -0.15) is 0 Å². The van der Waals surface area contributed by atoms with Gasteiger partial charge in [0, 0.05) is 23.6 Å². The number of halogens is 1. The maximum Gasteiger partial charge on any atom is 0.251 e. The van der Waals surface area contributed by atoms with E-state index in [1.54, 1.807) is 24.3 Å². The Kier molecular flexibility index (Phi) is 7.48. The van der Waals surface area contributed by atoms with E-state index in [2.05, 4.69) is 10.6 Å². The summed E-state index contributed by atoms with van der Waals surface area (Å²) >= 11 is 5.79. The zero-order valence-corrected chi connectivity index (χ0v) is 15.7. The molecule has 0 aliphatic carbocycles. The topological polar surface area (TPSA) is 67.4 Å². The van der Waals surface area contributed by atoms with E-state index in [0.717, 1.165) is 11.3 Å². The molecule has 0 aliphatic heterocycles. The molecule has 0 saturated carbocycles. The minimum absolute atomic E-state index is 0.120. The molecule has 0 heterocycles. The third-order valence-electron chi connectivity index (χ3n) is 3.81. The Morgan fingerprint density at radius 2 is 1.73 bits per heavy atom. The van der Waals surface area contributed by atoms with E-state index in [-0.39, 0.29) is 30.8 Å². The number of ether oxygens (including phenoxy) is 1. The van der Waals surface area contributed by atoms with Crippen LogP contribution in [0.15, 0.2) is 48.5 Å². The van der Waals surface area contributed by atoms with Crippen LogP contribution in [0.2, 0.25) is 5.02 Å². The standard InChI is InChI=1S/C20H23ClN2O3/c1-3-26-18-10-6-15(7-11-18)14(2)23-19(24)12-13-22-20(25)16-4-8-17(21)9-5-16/h4-11,14H,3,12-13H2,1-2H3,(H,22,25)(H,23,24). The molecular formula is C20H23ClN2O3. The van der Waals surface area contributed by atoms with Crippen LogP contribution < -0.4 is 15.4 Å². The van der Waals surface area contributed by atoms with Crippen LogP contribution in [0, 0.1) is 0 Å². The van der Waals surface area contributed by atoms with E-state index in [9.17, 15) is 9.59 Å². The molecule has 1 atom stereocenters. The summed E-state index contributed by atoms with van der Waals surface area (Å²) in [6.07, 6.45) is 0.209. The van der Waals surface area contributed by atoms with Crippen molar-refractivity contribution < 1.29 is 14.3 Å². The van der Waals surface area contributed by atoms with Gasteiger partial charge in [-0.15, -0.1) is 0 Å². The maximum absolute atomic E-state index is 12.1. The molecule has 26 heavy (non-hydrogen) atoms. The van der Waals surface area contributed by atoms with Crippen molar-refractivity contribution in [2.45, 2.75) is 26.3 Å². The van der Waals surface area contributed by atoms with Gasteiger partial charge < -0.3 is 15.4 Å². The van der Waals surface area contributed by atoms with Gasteiger partial charge in [0.2, 0.25) is 5.91 Å². The van der Waals surface area contributed by atoms with Crippen molar-refractivity contribution in [3.8, 4) is 5.75 Å². The van der Waals surface area contributed by atoms with Gasteiger partial charge in [-0.3, -0.25) is 9.59 Å². The Morgan fingerprint density at radius 3 is 2.35 bits per heavy atom. The van der Waals surface area contributed by atoms with Gasteiger partial charge in [0.15, 0.2) is 0 Å². The molecule has 2 amide bonds. The van der Waals surface area contributed by atoms with E-state index < -0.39 is 0 Å². The number of hydrogen-bond donors (Lipinski definition) is 2. The molecule has 1 unspecified atom stereocenters. The second kappa shape index (κ2) is 9.82. The van der Waals surface area contributed by atoms with E-state index in [4.69, 9.17) is 16.3 Å². The lowest BCUT2D eigenvalue weighted by Crippen LogP contribution is -2.32. The van der Waals surface area contributed by atoms with Gasteiger partial charge in [0.25, 0.3) is 5.91 Å². The van der Waals surface area contributed by atoms with Crippen molar-refractivity contribution in [1.82, 2.24) is 10.6 Å². The lowest BCUT2D eigenvalue weighted by atomic mass is 10.1. The lowest BCUT2D eigenvalue weighted by Gasteiger charge is -2.15. The first-order valence-corrected chi connectivity index (χ1v) is 8.93. The first-order valence-electron chi connectivity index (χ1n) is 8.55. The van der Waals surface area contributed by atoms with Crippen LogP contribution in [-0.4, -0.2) is 25.0 Å². The number of nitrogens with one attached hydrogen (secondary N) is 2. The van der Waals surface area contributed by atoms with Crippen molar-refractivity contribution in [3.63, 3.8) is 0 Å². The highest BCUT2D eigenvalue weighted by Crippen LogP contribution is 2.17. The van der Waals surface area contributed by atoms with Crippen LogP contribution in [0.3, 0.4) is 0 Å². The molecule has 0 aliphatic rings. The summed E-state index contributed by atoms with van der Waals surface area (Å²) in [5, 5.41) is 6.22. The normalized spacial score (nSPS) is 11.5. The Labute approximate surface area is 158 Å². The van der Waals surface area contributed by atoms with Gasteiger partial charge >= 0.3 is 0 Å². The highest BCUT2D eigenvalue weighted by atomic mass is 35.5. The lowest BCUT2D eigenvalue weighted by molar-refractivity contribution is -0.121. The molecule has 0 radical (unpaired) electrons. The molecule has 5 nitrogen and oxygen atoms in total. The molecule has 2 rings (SSSR count). The number of carbonyl (C=O) groups is 2. The summed E-state index contributed by atoms with van der Waals surface area (Å²) in [6, 6.07) is 14.1. The minimum atomic E-state index is -0.228. The fourth-order valence-electron chi connectivity index (χ4n) is 2.41. The average Bonchev–Trinajstić information content (AvgIpc) is 2.63. The zero-order valence-electron chi connectivity index (χ0n) is 14.9. The molecule has 0 aromatic heterocycles. The van der Waals surface area contributed by atoms with Gasteiger partial charge in [-0.25, -0.2) is 0 Å². The minimum Gasteiger partial charge on any atom is -0.494 e. The highest BCUT2D eigenvalue weighted by molar-refractivity contribution is 6.30. The first-order chi connectivity index (χ1) is 12.5. The van der Waals surface area contributed by atoms with Crippen LogP contribution in [-0.2, 0) is 4.79 Å². The first kappa shape index (κ1) is 19.8. The summed E-state index contributed by atoms with van der Waals surface area (Å²) in [7, 11) is 0. The van der Waals surface area contributed by atoms with Crippen molar-refractivity contribution >= 4 is 23.4 Å². The molecular weight excluding hydrogens is 352 g/mol. The van der Waals surface area contributed by atoms with Crippen LogP contribution in [0.5, 0.6) is 5.75 Å². The molecule has 2 aromatic rings. The van der Waals surface area contributed by atoms with Gasteiger partial charge in [0.1, 0.15) is 5.75 Å². The number of benzene rings is 2. The van der Waals surface area contributed by atoms with E-state index in [1.807, 2.05) is 38.1 Å². The second-order valence-electron chi connectivity index (χ2n) is 5.80. The van der Waals surface area contributed by atoms with Crippen molar-refractivity contribution in [3.05, 3.63) is 64.7 Å². The van der Waals surface area contributed by atoms with Crippen molar-refractivity contribution in [1.29, 1.82) is 0 Å². The van der Waals surface area contributed by atoms with Crippen LogP contribution in [0.25, 0.3) is 0 Å². The molecule has 138 valence electrons. The zero-order chi connectivity index (χ0) is 18.9. The molecule has 0 fully saturated rings. The third kappa shape index (κ3) is 6.08. The van der Waals surface area contributed by atoms with Crippen LogP contribution in [0.4, 0.5) is 0 Å². The van der Waals surface area contributed by atoms with E-state index in [1.165, 1.54) is 0 Å². The quantitative estimate of drug-likeness (QED) is 0.739. The summed E-state index contributed by atoms with van der Waals surface area (Å²) in [5.74, 6) is 0.455. The largest absolute Gasteiger partial charge is 0.494 e. The third-order valence-corrected chi connectivity index (χ3v) is 4.06. The average molecular weight is 375 g/mol. The number of rotatable bonds is 8. The number of amides is 2. The Hall–Kier alpha value is -2.53. The highest BCUT2D eigenvalue weighted by Gasteiger charge is 2.11. The maximum atomic E-state index is 12.1. The molecule has 6 heteroatoms. The predicted octanol–water partition coefficient (Wildman–Crippen LogP) is 3.74. The summed E-state index contributed by atoms with van der Waals surface area (Å²) < 4.78 is 5.41. The number of carbonyl (C=O) groups excluding carboxylic acids is 2. The van der Waals surface area contributed by atoms with E-state index in [0.29, 0.717) is 17.2 Å². The monoisotopic (exact) mass is 374 g/mol. The van der Waals surface area contributed by atoms with Crippen molar-refractivity contribution in [2.75, 3.05) is 13.2 Å². The second-order valence-corrected chi connectivity index (χ2v) is 6.24. The van der Waals surface area contributed by atoms with Gasteiger partial charge in [-0.1, -0.05) is 23.7 Å².